The summed E-state index contributed by atoms with van der Waals surface area (Å²) < 4.78 is 26.5. The highest BCUT2D eigenvalue weighted by molar-refractivity contribution is 7.89. The van der Waals surface area contributed by atoms with Crippen LogP contribution in [0.1, 0.15) is 6.42 Å². The SMILES string of the molecule is Nc1ccc2[nH]cc(S(=O)(=O)NCCCO)c2c1. The highest BCUT2D eigenvalue weighted by atomic mass is 32.2. The van der Waals surface area contributed by atoms with Gasteiger partial charge in [-0.05, 0) is 24.6 Å². The van der Waals surface area contributed by atoms with Crippen LogP contribution in [0.3, 0.4) is 0 Å². The Hall–Kier alpha value is -1.57. The first kappa shape index (κ1) is 12.9. The summed E-state index contributed by atoms with van der Waals surface area (Å²) in [6.45, 7) is 0.150. The van der Waals surface area contributed by atoms with Crippen LogP contribution in [0, 0.1) is 0 Å². The molecule has 0 aliphatic heterocycles. The summed E-state index contributed by atoms with van der Waals surface area (Å²) >= 11 is 0. The second-order valence-electron chi connectivity index (χ2n) is 3.93. The summed E-state index contributed by atoms with van der Waals surface area (Å²) in [6, 6.07) is 5.05. The van der Waals surface area contributed by atoms with Gasteiger partial charge in [-0.25, -0.2) is 13.1 Å². The highest BCUT2D eigenvalue weighted by Gasteiger charge is 2.18. The van der Waals surface area contributed by atoms with Crippen molar-refractivity contribution in [1.82, 2.24) is 9.71 Å². The van der Waals surface area contributed by atoms with Gasteiger partial charge in [-0.1, -0.05) is 0 Å². The molecule has 5 N–H and O–H groups in total. The summed E-state index contributed by atoms with van der Waals surface area (Å²) in [4.78, 5) is 3.06. The minimum Gasteiger partial charge on any atom is -0.399 e. The Bertz CT molecular complexity index is 649. The number of aromatic nitrogens is 1. The van der Waals surface area contributed by atoms with Crippen molar-refractivity contribution in [3.8, 4) is 0 Å². The predicted octanol–water partition coefficient (Wildman–Crippen LogP) is 0.411. The van der Waals surface area contributed by atoms with Crippen molar-refractivity contribution >= 4 is 26.6 Å². The Morgan fingerprint density at radius 3 is 2.89 bits per heavy atom. The van der Waals surface area contributed by atoms with E-state index in [0.29, 0.717) is 23.0 Å². The van der Waals surface area contributed by atoms with Crippen molar-refractivity contribution in [1.29, 1.82) is 0 Å². The van der Waals surface area contributed by atoms with Gasteiger partial charge in [0.2, 0.25) is 10.0 Å². The molecule has 2 aromatic rings. The molecule has 0 atom stereocenters. The van der Waals surface area contributed by atoms with Crippen molar-refractivity contribution in [2.24, 2.45) is 0 Å². The fourth-order valence-electron chi connectivity index (χ4n) is 1.70. The number of rotatable bonds is 5. The van der Waals surface area contributed by atoms with E-state index in [1.807, 2.05) is 0 Å². The van der Waals surface area contributed by atoms with Gasteiger partial charge < -0.3 is 15.8 Å². The number of nitrogen functional groups attached to an aromatic ring is 1. The number of hydrogen-bond acceptors (Lipinski definition) is 4. The first-order chi connectivity index (χ1) is 8.54. The predicted molar refractivity (Wildman–Crippen MR) is 69.6 cm³/mol. The molecule has 18 heavy (non-hydrogen) atoms. The van der Waals surface area contributed by atoms with Crippen molar-refractivity contribution in [3.05, 3.63) is 24.4 Å². The second kappa shape index (κ2) is 4.97. The normalized spacial score (nSPS) is 12.1. The first-order valence-corrected chi connectivity index (χ1v) is 7.00. The lowest BCUT2D eigenvalue weighted by Crippen LogP contribution is -2.25. The van der Waals surface area contributed by atoms with E-state index in [1.165, 1.54) is 6.20 Å². The lowest BCUT2D eigenvalue weighted by atomic mass is 10.2. The third-order valence-corrected chi connectivity index (χ3v) is 4.09. The van der Waals surface area contributed by atoms with Gasteiger partial charge in [-0.3, -0.25) is 0 Å². The number of hydrogen-bond donors (Lipinski definition) is 4. The zero-order valence-electron chi connectivity index (χ0n) is 9.68. The lowest BCUT2D eigenvalue weighted by molar-refractivity contribution is 0.289. The number of aromatic amines is 1. The third-order valence-electron chi connectivity index (χ3n) is 2.58. The van der Waals surface area contributed by atoms with Crippen LogP contribution in [-0.4, -0.2) is 31.7 Å². The molecule has 1 heterocycles. The van der Waals surface area contributed by atoms with E-state index in [4.69, 9.17) is 10.8 Å². The molecule has 1 aromatic carbocycles. The first-order valence-electron chi connectivity index (χ1n) is 5.52. The molecule has 0 fully saturated rings. The summed E-state index contributed by atoms with van der Waals surface area (Å²) in [7, 11) is -3.58. The molecule has 0 unspecified atom stereocenters. The van der Waals surface area contributed by atoms with Gasteiger partial charge in [0.1, 0.15) is 4.90 Å². The number of nitrogens with one attached hydrogen (secondary N) is 2. The van der Waals surface area contributed by atoms with E-state index >= 15 is 0 Å². The molecule has 1 aromatic heterocycles. The quantitative estimate of drug-likeness (QED) is 0.465. The molecule has 0 aliphatic carbocycles. The summed E-state index contributed by atoms with van der Waals surface area (Å²) in [5, 5.41) is 9.21. The molecule has 0 bridgehead atoms. The minimum absolute atomic E-state index is 0.0522. The summed E-state index contributed by atoms with van der Waals surface area (Å²) in [6.07, 6.45) is 1.81. The molecule has 0 spiro atoms. The Labute approximate surface area is 105 Å². The maximum atomic E-state index is 12.0. The summed E-state index contributed by atoms with van der Waals surface area (Å²) in [5.41, 5.74) is 6.88. The van der Waals surface area contributed by atoms with Crippen LogP contribution in [0.4, 0.5) is 5.69 Å². The topological polar surface area (TPSA) is 108 Å². The van der Waals surface area contributed by atoms with Crippen LogP contribution in [-0.2, 0) is 10.0 Å². The molecule has 98 valence electrons. The molecular weight excluding hydrogens is 254 g/mol. The Kier molecular flexibility index (Phi) is 3.55. The molecule has 0 radical (unpaired) electrons. The van der Waals surface area contributed by atoms with Crippen LogP contribution in [0.25, 0.3) is 10.9 Å². The van der Waals surface area contributed by atoms with E-state index in [0.717, 1.165) is 0 Å². The number of benzene rings is 1. The van der Waals surface area contributed by atoms with Gasteiger partial charge in [0.15, 0.2) is 0 Å². The van der Waals surface area contributed by atoms with Crippen molar-refractivity contribution in [2.45, 2.75) is 11.3 Å². The van der Waals surface area contributed by atoms with Crippen molar-refractivity contribution in [2.75, 3.05) is 18.9 Å². The average molecular weight is 269 g/mol. The highest BCUT2D eigenvalue weighted by Crippen LogP contribution is 2.24. The maximum absolute atomic E-state index is 12.0. The third kappa shape index (κ3) is 2.47. The van der Waals surface area contributed by atoms with Crippen LogP contribution >= 0.6 is 0 Å². The number of aliphatic hydroxyl groups is 1. The van der Waals surface area contributed by atoms with E-state index in [-0.39, 0.29) is 18.0 Å². The van der Waals surface area contributed by atoms with E-state index in [9.17, 15) is 8.42 Å². The van der Waals surface area contributed by atoms with Crippen LogP contribution < -0.4 is 10.5 Å². The standard InChI is InChI=1S/C11H15N3O3S/c12-8-2-3-10-9(6-8)11(7-13-10)18(16,17)14-4-1-5-15/h2-3,6-7,13-15H,1,4-5,12H2. The number of sulfonamides is 1. The van der Waals surface area contributed by atoms with Crippen molar-refractivity contribution in [3.63, 3.8) is 0 Å². The van der Waals surface area contributed by atoms with Gasteiger partial charge in [0, 0.05) is 35.9 Å². The summed E-state index contributed by atoms with van der Waals surface area (Å²) in [5.74, 6) is 0. The smallest absolute Gasteiger partial charge is 0.242 e. The van der Waals surface area contributed by atoms with Crippen molar-refractivity contribution < 1.29 is 13.5 Å². The van der Waals surface area contributed by atoms with E-state index < -0.39 is 10.0 Å². The van der Waals surface area contributed by atoms with Crippen LogP contribution in [0.2, 0.25) is 0 Å². The van der Waals surface area contributed by atoms with Gasteiger partial charge in [-0.2, -0.15) is 0 Å². The monoisotopic (exact) mass is 269 g/mol. The van der Waals surface area contributed by atoms with E-state index in [2.05, 4.69) is 9.71 Å². The Morgan fingerprint density at radius 1 is 1.39 bits per heavy atom. The van der Waals surface area contributed by atoms with Gasteiger partial charge in [0.25, 0.3) is 0 Å². The minimum atomic E-state index is -3.58. The molecule has 6 nitrogen and oxygen atoms in total. The van der Waals surface area contributed by atoms with Gasteiger partial charge in [-0.15, -0.1) is 0 Å². The number of nitrogens with two attached hydrogens (primary N) is 1. The van der Waals surface area contributed by atoms with Gasteiger partial charge >= 0.3 is 0 Å². The molecule has 7 heteroatoms. The van der Waals surface area contributed by atoms with Crippen LogP contribution in [0.5, 0.6) is 0 Å². The molecule has 0 amide bonds. The fraction of sp³-hybridized carbons (Fsp3) is 0.273. The molecule has 0 aliphatic rings. The fourth-order valence-corrected chi connectivity index (χ4v) is 2.94. The Morgan fingerprint density at radius 2 is 2.17 bits per heavy atom. The lowest BCUT2D eigenvalue weighted by Gasteiger charge is -2.04. The largest absolute Gasteiger partial charge is 0.399 e. The average Bonchev–Trinajstić information content (AvgIpc) is 2.72. The molecule has 2 rings (SSSR count). The molecule has 0 saturated heterocycles. The molecular formula is C11H15N3O3S. The number of anilines is 1. The number of aliphatic hydroxyl groups excluding tert-OH is 1. The maximum Gasteiger partial charge on any atom is 0.242 e. The zero-order valence-corrected chi connectivity index (χ0v) is 10.5. The van der Waals surface area contributed by atoms with Crippen LogP contribution in [0.15, 0.2) is 29.3 Å². The number of fused-ring (bicyclic) bond motifs is 1. The Balaban J connectivity index is 2.38. The van der Waals surface area contributed by atoms with Gasteiger partial charge in [0.05, 0.1) is 0 Å². The second-order valence-corrected chi connectivity index (χ2v) is 5.67. The van der Waals surface area contributed by atoms with E-state index in [1.54, 1.807) is 18.2 Å². The zero-order chi connectivity index (χ0) is 13.2. The number of H-pyrrole nitrogens is 1. The molecule has 0 saturated carbocycles.